The zero-order valence-electron chi connectivity index (χ0n) is 19.5. The number of piperazine rings is 1. The van der Waals surface area contributed by atoms with E-state index in [0.29, 0.717) is 34.7 Å². The quantitative estimate of drug-likeness (QED) is 0.564. The monoisotopic (exact) mass is 456 g/mol. The van der Waals surface area contributed by atoms with Gasteiger partial charge in [-0.1, -0.05) is 36.4 Å². The molecule has 2 aliphatic heterocycles. The summed E-state index contributed by atoms with van der Waals surface area (Å²) in [5.41, 5.74) is 3.88. The number of benzene rings is 3. The van der Waals surface area contributed by atoms with Crippen molar-refractivity contribution in [2.24, 2.45) is 0 Å². The van der Waals surface area contributed by atoms with E-state index in [2.05, 4.69) is 34.1 Å². The lowest BCUT2D eigenvalue weighted by atomic mass is 9.99. The minimum Gasteiger partial charge on any atom is -0.507 e. The van der Waals surface area contributed by atoms with Crippen LogP contribution in [0.5, 0.6) is 17.2 Å². The third kappa shape index (κ3) is 4.13. The normalized spacial score (nSPS) is 17.1. The van der Waals surface area contributed by atoms with E-state index >= 15 is 0 Å². The van der Waals surface area contributed by atoms with Crippen LogP contribution in [-0.4, -0.2) is 49.1 Å². The van der Waals surface area contributed by atoms with Crippen molar-refractivity contribution < 1.29 is 19.4 Å². The number of aryl methyl sites for hydroxylation is 1. The number of nitrogens with zero attached hydrogens (tertiary/aromatic N) is 2. The lowest BCUT2D eigenvalue weighted by Gasteiger charge is -2.36. The van der Waals surface area contributed by atoms with E-state index in [1.165, 1.54) is 5.69 Å². The van der Waals surface area contributed by atoms with E-state index in [0.717, 1.165) is 31.7 Å². The maximum atomic E-state index is 13.2. The highest BCUT2D eigenvalue weighted by molar-refractivity contribution is 6.16. The van der Waals surface area contributed by atoms with Crippen LogP contribution < -0.4 is 14.4 Å². The number of phenols is 1. The van der Waals surface area contributed by atoms with Crippen molar-refractivity contribution in [1.29, 1.82) is 0 Å². The summed E-state index contributed by atoms with van der Waals surface area (Å²) in [4.78, 5) is 17.9. The van der Waals surface area contributed by atoms with Crippen LogP contribution in [0.1, 0.15) is 27.0 Å². The highest BCUT2D eigenvalue weighted by Crippen LogP contribution is 2.42. The molecule has 2 aliphatic rings. The van der Waals surface area contributed by atoms with Crippen molar-refractivity contribution >= 4 is 17.5 Å². The molecule has 0 spiro atoms. The molecule has 0 aromatic heterocycles. The molecule has 34 heavy (non-hydrogen) atoms. The van der Waals surface area contributed by atoms with Crippen LogP contribution in [0.15, 0.2) is 66.4 Å². The summed E-state index contributed by atoms with van der Waals surface area (Å²) < 4.78 is 11.5. The third-order valence-electron chi connectivity index (χ3n) is 6.52. The van der Waals surface area contributed by atoms with E-state index in [1.54, 1.807) is 19.3 Å². The number of aromatic hydroxyl groups is 1. The number of Topliss-reactive ketones (excluding diaryl/α,β-unsaturated/α-hetero) is 1. The Balaban J connectivity index is 1.38. The van der Waals surface area contributed by atoms with Gasteiger partial charge in [0.25, 0.3) is 0 Å². The first kappa shape index (κ1) is 22.0. The molecule has 2 heterocycles. The van der Waals surface area contributed by atoms with Gasteiger partial charge in [0.05, 0.1) is 18.2 Å². The summed E-state index contributed by atoms with van der Waals surface area (Å²) in [5, 5.41) is 10.8. The van der Waals surface area contributed by atoms with Crippen molar-refractivity contribution in [3.8, 4) is 17.2 Å². The van der Waals surface area contributed by atoms with Gasteiger partial charge in [-0.25, -0.2) is 0 Å². The lowest BCUT2D eigenvalue weighted by molar-refractivity contribution is 0.101. The molecule has 6 nitrogen and oxygen atoms in total. The van der Waals surface area contributed by atoms with E-state index in [1.807, 2.05) is 37.3 Å². The summed E-state index contributed by atoms with van der Waals surface area (Å²) in [7, 11) is 1.60. The van der Waals surface area contributed by atoms with Crippen molar-refractivity contribution in [2.45, 2.75) is 13.5 Å². The van der Waals surface area contributed by atoms with Gasteiger partial charge in [-0.05, 0) is 42.8 Å². The summed E-state index contributed by atoms with van der Waals surface area (Å²) in [6.45, 7) is 5.86. The first-order valence-electron chi connectivity index (χ1n) is 11.5. The van der Waals surface area contributed by atoms with Gasteiger partial charge in [0, 0.05) is 44.0 Å². The number of fused-ring (bicyclic) bond motifs is 1. The van der Waals surface area contributed by atoms with E-state index in [4.69, 9.17) is 9.47 Å². The van der Waals surface area contributed by atoms with Gasteiger partial charge in [0.15, 0.2) is 5.76 Å². The standard InChI is InChI=1S/C28H28N2O4/c1-19-16-23(31)22(18-29-12-14-30(15-13-29)21-9-4-3-5-10-21)28-26(19)27(32)25(34-28)17-20-8-6-7-11-24(20)33-2/h3-11,16-17,31H,12-15,18H2,1-2H3/b25-17-. The van der Waals surface area contributed by atoms with Gasteiger partial charge in [-0.15, -0.1) is 0 Å². The number of rotatable bonds is 5. The molecule has 1 N–H and O–H groups in total. The van der Waals surface area contributed by atoms with Gasteiger partial charge in [0.2, 0.25) is 5.78 Å². The summed E-state index contributed by atoms with van der Waals surface area (Å²) in [5.74, 6) is 1.36. The van der Waals surface area contributed by atoms with Gasteiger partial charge in [0.1, 0.15) is 17.2 Å². The predicted molar refractivity (Wildman–Crippen MR) is 133 cm³/mol. The highest BCUT2D eigenvalue weighted by atomic mass is 16.5. The molecular weight excluding hydrogens is 428 g/mol. The van der Waals surface area contributed by atoms with Crippen LogP contribution in [0.2, 0.25) is 0 Å². The largest absolute Gasteiger partial charge is 0.507 e. The number of carbonyl (C=O) groups excluding carboxylic acids is 1. The fourth-order valence-electron chi connectivity index (χ4n) is 4.69. The molecule has 174 valence electrons. The molecule has 1 fully saturated rings. The average Bonchev–Trinajstić information content (AvgIpc) is 3.19. The average molecular weight is 457 g/mol. The molecule has 6 heteroatoms. The van der Waals surface area contributed by atoms with Crippen LogP contribution in [0, 0.1) is 6.92 Å². The number of para-hydroxylation sites is 2. The lowest BCUT2D eigenvalue weighted by Crippen LogP contribution is -2.46. The van der Waals surface area contributed by atoms with Gasteiger partial charge in [-0.2, -0.15) is 0 Å². The minimum absolute atomic E-state index is 0.160. The fourth-order valence-corrected chi connectivity index (χ4v) is 4.69. The Kier molecular flexibility index (Phi) is 5.99. The number of hydrogen-bond donors (Lipinski definition) is 1. The summed E-state index contributed by atoms with van der Waals surface area (Å²) in [6, 6.07) is 19.6. The number of allylic oxidation sites excluding steroid dienone is 1. The van der Waals surface area contributed by atoms with Crippen molar-refractivity contribution in [2.75, 3.05) is 38.2 Å². The Morgan fingerprint density at radius 2 is 1.74 bits per heavy atom. The SMILES string of the molecule is COc1ccccc1/C=C1\Oc2c(CN3CCN(c4ccccc4)CC3)c(O)cc(C)c2C1=O. The first-order chi connectivity index (χ1) is 16.5. The smallest absolute Gasteiger partial charge is 0.232 e. The second-order valence-corrected chi connectivity index (χ2v) is 8.68. The number of methoxy groups -OCH3 is 1. The molecule has 0 aliphatic carbocycles. The maximum Gasteiger partial charge on any atom is 0.232 e. The molecule has 0 atom stereocenters. The molecule has 0 radical (unpaired) electrons. The molecular formula is C28H28N2O4. The molecule has 5 rings (SSSR count). The molecule has 3 aromatic carbocycles. The van der Waals surface area contributed by atoms with E-state index in [-0.39, 0.29) is 17.3 Å². The Morgan fingerprint density at radius 3 is 2.47 bits per heavy atom. The van der Waals surface area contributed by atoms with Gasteiger partial charge >= 0.3 is 0 Å². The molecule has 0 bridgehead atoms. The fraction of sp³-hybridized carbons (Fsp3) is 0.250. The number of carbonyl (C=O) groups is 1. The number of hydrogen-bond acceptors (Lipinski definition) is 6. The van der Waals surface area contributed by atoms with Crippen LogP contribution in [-0.2, 0) is 6.54 Å². The number of anilines is 1. The summed E-state index contributed by atoms with van der Waals surface area (Å²) in [6.07, 6.45) is 1.71. The molecule has 3 aromatic rings. The first-order valence-corrected chi connectivity index (χ1v) is 11.5. The second kappa shape index (κ2) is 9.23. The van der Waals surface area contributed by atoms with Crippen LogP contribution in [0.4, 0.5) is 5.69 Å². The molecule has 1 saturated heterocycles. The van der Waals surface area contributed by atoms with Gasteiger partial charge in [-0.3, -0.25) is 9.69 Å². The zero-order chi connectivity index (χ0) is 23.7. The summed E-state index contributed by atoms with van der Waals surface area (Å²) >= 11 is 0. The molecule has 0 amide bonds. The Bertz CT molecular complexity index is 1240. The zero-order valence-corrected chi connectivity index (χ0v) is 19.5. The van der Waals surface area contributed by atoms with Crippen molar-refractivity contribution in [1.82, 2.24) is 4.90 Å². The number of ether oxygens (including phenoxy) is 2. The third-order valence-corrected chi connectivity index (χ3v) is 6.52. The Labute approximate surface area is 199 Å². The Hall–Kier alpha value is -3.77. The van der Waals surface area contributed by atoms with E-state index < -0.39 is 0 Å². The Morgan fingerprint density at radius 1 is 1.03 bits per heavy atom. The van der Waals surface area contributed by atoms with Crippen molar-refractivity contribution in [3.63, 3.8) is 0 Å². The minimum atomic E-state index is -0.173. The van der Waals surface area contributed by atoms with Crippen LogP contribution >= 0.6 is 0 Å². The second-order valence-electron chi connectivity index (χ2n) is 8.68. The highest BCUT2D eigenvalue weighted by Gasteiger charge is 2.34. The van der Waals surface area contributed by atoms with Crippen molar-refractivity contribution in [3.05, 3.63) is 88.7 Å². The maximum absolute atomic E-state index is 13.2. The predicted octanol–water partition coefficient (Wildman–Crippen LogP) is 4.65. The number of ketones is 1. The van der Waals surface area contributed by atoms with Gasteiger partial charge < -0.3 is 19.5 Å². The van der Waals surface area contributed by atoms with Crippen LogP contribution in [0.25, 0.3) is 6.08 Å². The molecule has 0 unspecified atom stereocenters. The molecule has 0 saturated carbocycles. The number of phenolic OH excluding ortho intramolecular Hbond substituents is 1. The topological polar surface area (TPSA) is 62.2 Å². The van der Waals surface area contributed by atoms with Crippen LogP contribution in [0.3, 0.4) is 0 Å². The van der Waals surface area contributed by atoms with E-state index in [9.17, 15) is 9.90 Å².